The summed E-state index contributed by atoms with van der Waals surface area (Å²) in [6.07, 6.45) is 2.39. The molecule has 0 saturated carbocycles. The third-order valence-corrected chi connectivity index (χ3v) is 6.54. The van der Waals surface area contributed by atoms with Crippen molar-refractivity contribution in [3.63, 3.8) is 0 Å². The lowest BCUT2D eigenvalue weighted by atomic mass is 10.1. The molecule has 1 fully saturated rings. The molecule has 1 aliphatic heterocycles. The van der Waals surface area contributed by atoms with Crippen LogP contribution in [-0.2, 0) is 11.2 Å². The first-order chi connectivity index (χ1) is 15.8. The van der Waals surface area contributed by atoms with Gasteiger partial charge in [0.1, 0.15) is 5.82 Å². The van der Waals surface area contributed by atoms with E-state index in [1.807, 2.05) is 35.4 Å². The fraction of sp³-hybridized carbons (Fsp3) is 0.185. The predicted molar refractivity (Wildman–Crippen MR) is 130 cm³/mol. The van der Waals surface area contributed by atoms with Crippen LogP contribution in [0.4, 0.5) is 5.82 Å². The maximum absolute atomic E-state index is 13.0. The number of aromatic nitrogens is 2. The van der Waals surface area contributed by atoms with Gasteiger partial charge in [-0.05, 0) is 23.1 Å². The van der Waals surface area contributed by atoms with Crippen LogP contribution in [0.1, 0.15) is 5.56 Å². The highest BCUT2D eigenvalue weighted by Crippen LogP contribution is 2.31. The Morgan fingerprint density at radius 2 is 1.44 bits per heavy atom. The molecule has 1 amide bonds. The van der Waals surface area contributed by atoms with E-state index >= 15 is 0 Å². The van der Waals surface area contributed by atoms with Gasteiger partial charge in [-0.15, -0.1) is 0 Å². The zero-order chi connectivity index (χ0) is 21.5. The van der Waals surface area contributed by atoms with Crippen molar-refractivity contribution in [2.45, 2.75) is 6.42 Å². The van der Waals surface area contributed by atoms with E-state index < -0.39 is 0 Å². The first-order valence-electron chi connectivity index (χ1n) is 11.1. The number of hydrogen-bond donors (Lipinski definition) is 1. The van der Waals surface area contributed by atoms with Crippen LogP contribution in [0.2, 0.25) is 0 Å². The second-order valence-corrected chi connectivity index (χ2v) is 8.40. The summed E-state index contributed by atoms with van der Waals surface area (Å²) in [6.45, 7) is 3.00. The van der Waals surface area contributed by atoms with E-state index in [0.717, 1.165) is 40.9 Å². The van der Waals surface area contributed by atoms with E-state index in [1.54, 1.807) is 0 Å². The van der Waals surface area contributed by atoms with Crippen molar-refractivity contribution in [2.75, 3.05) is 31.1 Å². The zero-order valence-electron chi connectivity index (χ0n) is 17.8. The number of nitrogens with zero attached hydrogens (tertiary/aromatic N) is 3. The second-order valence-electron chi connectivity index (χ2n) is 8.40. The summed E-state index contributed by atoms with van der Waals surface area (Å²) in [7, 11) is 0. The maximum Gasteiger partial charge on any atom is 0.227 e. The molecule has 5 heteroatoms. The van der Waals surface area contributed by atoms with E-state index in [4.69, 9.17) is 4.98 Å². The zero-order valence-corrected chi connectivity index (χ0v) is 17.8. The first kappa shape index (κ1) is 18.9. The molecular formula is C27H24N4O. The fourth-order valence-corrected chi connectivity index (χ4v) is 4.85. The Morgan fingerprint density at radius 3 is 2.25 bits per heavy atom. The molecule has 0 radical (unpaired) electrons. The number of H-pyrrole nitrogens is 1. The summed E-state index contributed by atoms with van der Waals surface area (Å²) in [6, 6.07) is 24.9. The van der Waals surface area contributed by atoms with Gasteiger partial charge in [-0.2, -0.15) is 0 Å². The van der Waals surface area contributed by atoms with Gasteiger partial charge in [0.25, 0.3) is 0 Å². The molecule has 1 N–H and O–H groups in total. The number of amides is 1. The van der Waals surface area contributed by atoms with E-state index in [1.165, 1.54) is 16.2 Å². The lowest BCUT2D eigenvalue weighted by Crippen LogP contribution is -2.49. The number of rotatable bonds is 3. The van der Waals surface area contributed by atoms with E-state index in [2.05, 4.69) is 58.4 Å². The second kappa shape index (κ2) is 7.68. The minimum atomic E-state index is 0.186. The van der Waals surface area contributed by atoms with Crippen LogP contribution >= 0.6 is 0 Å². The Bertz CT molecular complexity index is 1450. The average molecular weight is 421 g/mol. The van der Waals surface area contributed by atoms with Crippen LogP contribution in [0.25, 0.3) is 32.6 Å². The number of piperazine rings is 1. The number of carbonyl (C=O) groups excluding carboxylic acids is 1. The topological polar surface area (TPSA) is 52.2 Å². The molecule has 3 aromatic carbocycles. The van der Waals surface area contributed by atoms with Crippen LogP contribution in [0.15, 0.2) is 79.0 Å². The molecule has 158 valence electrons. The van der Waals surface area contributed by atoms with Gasteiger partial charge in [0, 0.05) is 54.1 Å². The normalized spacial score (nSPS) is 14.5. The molecular weight excluding hydrogens is 396 g/mol. The van der Waals surface area contributed by atoms with Crippen molar-refractivity contribution in [3.05, 3.63) is 84.6 Å². The van der Waals surface area contributed by atoms with Gasteiger partial charge in [-0.3, -0.25) is 4.79 Å². The van der Waals surface area contributed by atoms with Gasteiger partial charge in [-0.25, -0.2) is 4.98 Å². The monoisotopic (exact) mass is 420 g/mol. The summed E-state index contributed by atoms with van der Waals surface area (Å²) in [5.41, 5.74) is 3.16. The third kappa shape index (κ3) is 3.17. The molecule has 0 atom stereocenters. The van der Waals surface area contributed by atoms with Gasteiger partial charge < -0.3 is 14.8 Å². The molecule has 6 rings (SSSR count). The summed E-state index contributed by atoms with van der Waals surface area (Å²) in [4.78, 5) is 25.6. The number of para-hydroxylation sites is 2. The van der Waals surface area contributed by atoms with Gasteiger partial charge in [-0.1, -0.05) is 60.7 Å². The van der Waals surface area contributed by atoms with Crippen molar-refractivity contribution in [1.29, 1.82) is 0 Å². The molecule has 0 unspecified atom stereocenters. The Morgan fingerprint density at radius 1 is 0.781 bits per heavy atom. The van der Waals surface area contributed by atoms with Gasteiger partial charge >= 0.3 is 0 Å². The smallest absolute Gasteiger partial charge is 0.227 e. The fourth-order valence-electron chi connectivity index (χ4n) is 4.85. The van der Waals surface area contributed by atoms with E-state index in [0.29, 0.717) is 19.5 Å². The summed E-state index contributed by atoms with van der Waals surface area (Å²) >= 11 is 0. The Labute approximate surface area is 186 Å². The quantitative estimate of drug-likeness (QED) is 0.428. The van der Waals surface area contributed by atoms with Gasteiger partial charge in [0.15, 0.2) is 0 Å². The van der Waals surface area contributed by atoms with Crippen LogP contribution in [0, 0.1) is 0 Å². The standard InChI is InChI=1S/C27H24N4O/c32-26(17-19-18-28-24-11-5-3-7-20(19)24)30-13-15-31(16-14-30)27-23-10-2-1-8-21(23)22-9-4-6-12-25(22)29-27/h1-12,18,28H,13-17H2. The van der Waals surface area contributed by atoms with E-state index in [-0.39, 0.29) is 5.91 Å². The lowest BCUT2D eigenvalue weighted by molar-refractivity contribution is -0.130. The molecule has 1 saturated heterocycles. The van der Waals surface area contributed by atoms with Crippen molar-refractivity contribution >= 4 is 44.3 Å². The molecule has 5 aromatic rings. The van der Waals surface area contributed by atoms with Crippen molar-refractivity contribution in [3.8, 4) is 0 Å². The highest BCUT2D eigenvalue weighted by Gasteiger charge is 2.24. The molecule has 0 aliphatic carbocycles. The Kier molecular flexibility index (Phi) is 4.53. The minimum Gasteiger partial charge on any atom is -0.361 e. The minimum absolute atomic E-state index is 0.186. The molecule has 1 aliphatic rings. The van der Waals surface area contributed by atoms with Crippen molar-refractivity contribution < 1.29 is 4.79 Å². The van der Waals surface area contributed by atoms with E-state index in [9.17, 15) is 4.79 Å². The third-order valence-electron chi connectivity index (χ3n) is 6.54. The van der Waals surface area contributed by atoms with Crippen molar-refractivity contribution in [1.82, 2.24) is 14.9 Å². The lowest BCUT2D eigenvalue weighted by Gasteiger charge is -2.36. The molecule has 0 spiro atoms. The number of hydrogen-bond acceptors (Lipinski definition) is 3. The van der Waals surface area contributed by atoms with Crippen LogP contribution in [-0.4, -0.2) is 47.0 Å². The average Bonchev–Trinajstić information content (AvgIpc) is 3.26. The number of anilines is 1. The van der Waals surface area contributed by atoms with Crippen LogP contribution < -0.4 is 4.90 Å². The number of aromatic amines is 1. The van der Waals surface area contributed by atoms with Gasteiger partial charge in [0.2, 0.25) is 5.91 Å². The first-order valence-corrected chi connectivity index (χ1v) is 11.1. The Balaban J connectivity index is 1.23. The largest absolute Gasteiger partial charge is 0.361 e. The Hall–Kier alpha value is -3.86. The molecule has 2 aromatic heterocycles. The summed E-state index contributed by atoms with van der Waals surface area (Å²) in [5, 5.41) is 4.71. The van der Waals surface area contributed by atoms with Crippen LogP contribution in [0.5, 0.6) is 0 Å². The highest BCUT2D eigenvalue weighted by molar-refractivity contribution is 6.10. The van der Waals surface area contributed by atoms with Crippen molar-refractivity contribution in [2.24, 2.45) is 0 Å². The number of fused-ring (bicyclic) bond motifs is 4. The van der Waals surface area contributed by atoms with Crippen LogP contribution in [0.3, 0.4) is 0 Å². The molecule has 3 heterocycles. The SMILES string of the molecule is O=C(Cc1c[nH]c2ccccc12)N1CCN(c2nc3ccccc3c3ccccc23)CC1. The number of carbonyl (C=O) groups is 1. The predicted octanol–water partition coefficient (Wildman–Crippen LogP) is 4.76. The summed E-state index contributed by atoms with van der Waals surface area (Å²) in [5.74, 6) is 1.20. The molecule has 5 nitrogen and oxygen atoms in total. The van der Waals surface area contributed by atoms with Gasteiger partial charge in [0.05, 0.1) is 11.9 Å². The number of pyridine rings is 1. The summed E-state index contributed by atoms with van der Waals surface area (Å²) < 4.78 is 0. The highest BCUT2D eigenvalue weighted by atomic mass is 16.2. The number of nitrogens with one attached hydrogen (secondary N) is 1. The maximum atomic E-state index is 13.0. The number of benzene rings is 3. The molecule has 32 heavy (non-hydrogen) atoms. The molecule has 0 bridgehead atoms.